The van der Waals surface area contributed by atoms with E-state index in [-0.39, 0.29) is 5.91 Å². The normalized spacial score (nSPS) is 15.3. The van der Waals surface area contributed by atoms with Gasteiger partial charge in [-0.05, 0) is 64.0 Å². The van der Waals surface area contributed by atoms with Crippen LogP contribution in [-0.2, 0) is 16.6 Å². The van der Waals surface area contributed by atoms with Crippen molar-refractivity contribution >= 4 is 49.1 Å². The fraction of sp³-hybridized carbons (Fsp3) is 0.208. The minimum atomic E-state index is -3.47. The molecule has 0 saturated carbocycles. The maximum absolute atomic E-state index is 12.8. The summed E-state index contributed by atoms with van der Waals surface area (Å²) in [5.74, 6) is -0.214. The number of piperazine rings is 1. The summed E-state index contributed by atoms with van der Waals surface area (Å²) in [6, 6.07) is 21.2. The van der Waals surface area contributed by atoms with Gasteiger partial charge in [-0.2, -0.15) is 4.31 Å². The lowest BCUT2D eigenvalue weighted by molar-refractivity contribution is 0.102. The highest BCUT2D eigenvalue weighted by atomic mass is 79.9. The number of hydrogen-bond donors (Lipinski definition) is 1. The Morgan fingerprint density at radius 1 is 0.939 bits per heavy atom. The van der Waals surface area contributed by atoms with Crippen LogP contribution in [0.3, 0.4) is 0 Å². The molecule has 0 atom stereocenters. The third-order valence-corrected chi connectivity index (χ3v) is 8.63. The Morgan fingerprint density at radius 2 is 1.67 bits per heavy atom. The van der Waals surface area contributed by atoms with Crippen molar-refractivity contribution in [2.75, 3.05) is 31.5 Å². The van der Waals surface area contributed by atoms with Crippen molar-refractivity contribution in [2.24, 2.45) is 0 Å². The average molecular weight is 549 g/mol. The maximum Gasteiger partial charge on any atom is 0.255 e. The van der Waals surface area contributed by atoms with E-state index in [0.717, 1.165) is 10.0 Å². The molecular weight excluding hydrogens is 526 g/mol. The van der Waals surface area contributed by atoms with E-state index in [1.165, 1.54) is 4.31 Å². The zero-order valence-electron chi connectivity index (χ0n) is 17.7. The molecule has 1 amide bonds. The van der Waals surface area contributed by atoms with Crippen molar-refractivity contribution in [3.63, 3.8) is 0 Å². The van der Waals surface area contributed by atoms with E-state index in [1.807, 2.05) is 18.2 Å². The fourth-order valence-electron chi connectivity index (χ4n) is 3.72. The van der Waals surface area contributed by atoms with Gasteiger partial charge < -0.3 is 5.32 Å². The second-order valence-corrected chi connectivity index (χ2v) is 11.0. The highest BCUT2D eigenvalue weighted by molar-refractivity contribution is 9.10. The summed E-state index contributed by atoms with van der Waals surface area (Å²) < 4.78 is 27.9. The third kappa shape index (κ3) is 5.83. The second-order valence-electron chi connectivity index (χ2n) is 7.78. The third-order valence-electron chi connectivity index (χ3n) is 5.49. The summed E-state index contributed by atoms with van der Waals surface area (Å²) in [4.78, 5) is 15.2. The number of sulfonamides is 1. The monoisotopic (exact) mass is 547 g/mol. The van der Waals surface area contributed by atoms with Gasteiger partial charge >= 0.3 is 0 Å². The van der Waals surface area contributed by atoms with Gasteiger partial charge in [0.25, 0.3) is 5.91 Å². The van der Waals surface area contributed by atoms with Crippen molar-refractivity contribution < 1.29 is 13.2 Å². The van der Waals surface area contributed by atoms with Gasteiger partial charge in [0.05, 0.1) is 9.92 Å². The van der Waals surface area contributed by atoms with E-state index in [9.17, 15) is 13.2 Å². The molecule has 1 N–H and O–H groups in total. The van der Waals surface area contributed by atoms with Crippen LogP contribution in [0, 0.1) is 0 Å². The highest BCUT2D eigenvalue weighted by Crippen LogP contribution is 2.26. The summed E-state index contributed by atoms with van der Waals surface area (Å²) >= 11 is 9.44. The molecule has 4 rings (SSSR count). The maximum atomic E-state index is 12.8. The molecule has 3 aromatic rings. The molecular formula is C24H23BrClN3O3S. The van der Waals surface area contributed by atoms with Crippen LogP contribution in [0.25, 0.3) is 0 Å². The van der Waals surface area contributed by atoms with Crippen LogP contribution >= 0.6 is 27.5 Å². The molecule has 1 heterocycles. The number of carbonyl (C=O) groups excluding carboxylic acids is 1. The first-order chi connectivity index (χ1) is 15.8. The molecule has 0 aromatic heterocycles. The molecule has 0 radical (unpaired) electrons. The highest BCUT2D eigenvalue weighted by Gasteiger charge is 2.28. The lowest BCUT2D eigenvalue weighted by Gasteiger charge is -2.34. The Morgan fingerprint density at radius 3 is 2.36 bits per heavy atom. The van der Waals surface area contributed by atoms with E-state index in [4.69, 9.17) is 11.6 Å². The molecule has 1 aliphatic rings. The molecule has 33 heavy (non-hydrogen) atoms. The molecule has 1 saturated heterocycles. The van der Waals surface area contributed by atoms with Gasteiger partial charge in [-0.3, -0.25) is 9.69 Å². The van der Waals surface area contributed by atoms with Crippen molar-refractivity contribution in [1.82, 2.24) is 9.21 Å². The number of amides is 1. The van der Waals surface area contributed by atoms with E-state index >= 15 is 0 Å². The molecule has 1 aliphatic heterocycles. The Bertz CT molecular complexity index is 1250. The Kier molecular flexibility index (Phi) is 7.51. The number of carbonyl (C=O) groups is 1. The smallest absolute Gasteiger partial charge is 0.255 e. The van der Waals surface area contributed by atoms with Crippen LogP contribution in [0.5, 0.6) is 0 Å². The van der Waals surface area contributed by atoms with E-state index < -0.39 is 10.0 Å². The fourth-order valence-corrected chi connectivity index (χ4v) is 5.59. The van der Waals surface area contributed by atoms with Gasteiger partial charge in [0, 0.05) is 48.4 Å². The summed E-state index contributed by atoms with van der Waals surface area (Å²) in [5.41, 5.74) is 2.17. The zero-order valence-corrected chi connectivity index (χ0v) is 20.9. The largest absolute Gasteiger partial charge is 0.322 e. The van der Waals surface area contributed by atoms with Crippen molar-refractivity contribution in [2.45, 2.75) is 11.4 Å². The van der Waals surface area contributed by atoms with Crippen molar-refractivity contribution in [1.29, 1.82) is 0 Å². The van der Waals surface area contributed by atoms with Gasteiger partial charge in [0.1, 0.15) is 0 Å². The summed E-state index contributed by atoms with van der Waals surface area (Å²) in [5, 5.41) is 3.39. The van der Waals surface area contributed by atoms with Crippen LogP contribution in [0.1, 0.15) is 15.9 Å². The summed E-state index contributed by atoms with van der Waals surface area (Å²) in [6.45, 7) is 2.76. The predicted octanol–water partition coefficient (Wildman–Crippen LogP) is 4.86. The minimum Gasteiger partial charge on any atom is -0.322 e. The summed E-state index contributed by atoms with van der Waals surface area (Å²) in [6.07, 6.45) is 0. The van der Waals surface area contributed by atoms with Crippen LogP contribution in [-0.4, -0.2) is 49.7 Å². The SMILES string of the molecule is O=C(Nc1ccc(Br)c(Cl)c1)c1cccc(CN2CCN(S(=O)(=O)c3ccccc3)CC2)c1. The van der Waals surface area contributed by atoms with E-state index in [2.05, 4.69) is 26.1 Å². The lowest BCUT2D eigenvalue weighted by Crippen LogP contribution is -2.48. The molecule has 3 aromatic carbocycles. The van der Waals surface area contributed by atoms with Gasteiger partial charge in [0.2, 0.25) is 10.0 Å². The number of nitrogens with one attached hydrogen (secondary N) is 1. The number of nitrogens with zero attached hydrogens (tertiary/aromatic N) is 2. The Hall–Kier alpha value is -2.23. The van der Waals surface area contributed by atoms with Crippen LogP contribution in [0.15, 0.2) is 82.2 Å². The van der Waals surface area contributed by atoms with Crippen LogP contribution < -0.4 is 5.32 Å². The van der Waals surface area contributed by atoms with Crippen LogP contribution in [0.4, 0.5) is 5.69 Å². The summed E-state index contributed by atoms with van der Waals surface area (Å²) in [7, 11) is -3.47. The Labute approximate surface area is 207 Å². The van der Waals surface area contributed by atoms with E-state index in [1.54, 1.807) is 54.6 Å². The van der Waals surface area contributed by atoms with Crippen molar-refractivity contribution in [3.8, 4) is 0 Å². The number of rotatable bonds is 6. The number of halogens is 2. The first-order valence-corrected chi connectivity index (χ1v) is 13.1. The lowest BCUT2D eigenvalue weighted by atomic mass is 10.1. The first-order valence-electron chi connectivity index (χ1n) is 10.5. The average Bonchev–Trinajstić information content (AvgIpc) is 2.82. The van der Waals surface area contributed by atoms with Gasteiger partial charge in [-0.15, -0.1) is 0 Å². The molecule has 1 fully saturated rings. The molecule has 6 nitrogen and oxygen atoms in total. The van der Waals surface area contributed by atoms with Crippen molar-refractivity contribution in [3.05, 3.63) is 93.4 Å². The number of anilines is 1. The van der Waals surface area contributed by atoms with Gasteiger partial charge in [-0.25, -0.2) is 8.42 Å². The first kappa shape index (κ1) is 23.9. The molecule has 172 valence electrons. The molecule has 0 bridgehead atoms. The topological polar surface area (TPSA) is 69.7 Å². The van der Waals surface area contributed by atoms with Crippen LogP contribution in [0.2, 0.25) is 5.02 Å². The quantitative estimate of drug-likeness (QED) is 0.478. The van der Waals surface area contributed by atoms with Gasteiger partial charge in [-0.1, -0.05) is 41.9 Å². The van der Waals surface area contributed by atoms with E-state index in [0.29, 0.717) is 53.9 Å². The minimum absolute atomic E-state index is 0.214. The predicted molar refractivity (Wildman–Crippen MR) is 134 cm³/mol. The molecule has 0 spiro atoms. The molecule has 0 unspecified atom stereocenters. The number of benzene rings is 3. The standard InChI is InChI=1S/C24H23BrClN3O3S/c25-22-10-9-20(16-23(22)26)27-24(30)19-6-4-5-18(15-19)17-28-11-13-29(14-12-28)33(31,32)21-7-2-1-3-8-21/h1-10,15-16H,11-14,17H2,(H,27,30). The molecule has 9 heteroatoms. The Balaban J connectivity index is 1.36. The second kappa shape index (κ2) is 10.4. The number of hydrogen-bond acceptors (Lipinski definition) is 4. The van der Waals surface area contributed by atoms with Gasteiger partial charge in [0.15, 0.2) is 0 Å². The zero-order chi connectivity index (χ0) is 23.4. The molecule has 0 aliphatic carbocycles.